The quantitative estimate of drug-likeness (QED) is 0.401. The number of carbonyl (C=O) groups excluding carboxylic acids is 2. The van der Waals surface area contributed by atoms with Crippen molar-refractivity contribution < 1.29 is 19.1 Å². The van der Waals surface area contributed by atoms with Crippen LogP contribution in [-0.4, -0.2) is 50.3 Å². The fourth-order valence-electron chi connectivity index (χ4n) is 1.62. The van der Waals surface area contributed by atoms with Crippen LogP contribution in [0.25, 0.3) is 0 Å². The lowest BCUT2D eigenvalue weighted by atomic mass is 10.1. The smallest absolute Gasteiger partial charge is 0.335 e. The average molecular weight is 413 g/mol. The minimum atomic E-state index is -0.359. The third-order valence-corrected chi connectivity index (χ3v) is 3.79. The SMILES string of the molecule is C=C(C(=O)OCc1ccccc1)C(C)N(C)C.C=C(C)C(=O)OC(C)NC.Cl. The fourth-order valence-corrected chi connectivity index (χ4v) is 1.62. The molecule has 0 amide bonds. The van der Waals surface area contributed by atoms with Crippen LogP contribution in [0, 0.1) is 0 Å². The zero-order chi connectivity index (χ0) is 21.0. The van der Waals surface area contributed by atoms with Crippen LogP contribution in [0.5, 0.6) is 0 Å². The molecule has 0 aromatic heterocycles. The number of ether oxygens (including phenoxy) is 2. The van der Waals surface area contributed by atoms with Gasteiger partial charge in [-0.25, -0.2) is 9.59 Å². The van der Waals surface area contributed by atoms with Gasteiger partial charge >= 0.3 is 11.9 Å². The van der Waals surface area contributed by atoms with E-state index in [1.54, 1.807) is 20.9 Å². The number of nitrogens with one attached hydrogen (secondary N) is 1. The standard InChI is InChI=1S/C14H19NO2.C7H13NO2.ClH/c1-11(12(2)15(3)4)14(16)17-10-13-8-6-5-7-9-13;1-5(2)7(9)10-6(3)8-4;/h5-9,12H,1,10H2,2-4H3;6,8H,1H2,2-4H3;1H. The van der Waals surface area contributed by atoms with Gasteiger partial charge in [-0.15, -0.1) is 12.4 Å². The Hall–Kier alpha value is -2.15. The van der Waals surface area contributed by atoms with E-state index in [1.165, 1.54) is 0 Å². The van der Waals surface area contributed by atoms with E-state index in [1.807, 2.05) is 56.3 Å². The number of hydrogen-bond acceptors (Lipinski definition) is 6. The number of hydrogen-bond donors (Lipinski definition) is 1. The van der Waals surface area contributed by atoms with Crippen molar-refractivity contribution in [3.63, 3.8) is 0 Å². The van der Waals surface area contributed by atoms with Gasteiger partial charge in [-0.05, 0) is 47.5 Å². The van der Waals surface area contributed by atoms with Gasteiger partial charge in [0.1, 0.15) is 6.61 Å². The summed E-state index contributed by atoms with van der Waals surface area (Å²) in [6.45, 7) is 12.8. The first-order valence-corrected chi connectivity index (χ1v) is 8.70. The van der Waals surface area contributed by atoms with Gasteiger partial charge in [0.2, 0.25) is 0 Å². The van der Waals surface area contributed by atoms with Gasteiger partial charge in [-0.3, -0.25) is 5.32 Å². The molecule has 2 unspecified atom stereocenters. The fraction of sp³-hybridized carbons (Fsp3) is 0.429. The average Bonchev–Trinajstić information content (AvgIpc) is 2.65. The van der Waals surface area contributed by atoms with Gasteiger partial charge in [0.25, 0.3) is 0 Å². The molecule has 0 aliphatic heterocycles. The molecule has 0 fully saturated rings. The summed E-state index contributed by atoms with van der Waals surface area (Å²) in [6, 6.07) is 9.59. The maximum absolute atomic E-state index is 11.7. The molecule has 0 saturated heterocycles. The van der Waals surface area contributed by atoms with E-state index in [4.69, 9.17) is 9.47 Å². The van der Waals surface area contributed by atoms with Crippen LogP contribution in [0.1, 0.15) is 26.3 Å². The molecule has 0 radical (unpaired) electrons. The van der Waals surface area contributed by atoms with Crippen molar-refractivity contribution in [3.05, 3.63) is 60.2 Å². The number of likely N-dealkylation sites (N-methyl/N-ethyl adjacent to an activating group) is 1. The van der Waals surface area contributed by atoms with E-state index in [-0.39, 0.29) is 36.6 Å². The number of rotatable bonds is 8. The van der Waals surface area contributed by atoms with Crippen LogP contribution < -0.4 is 5.32 Å². The Morgan fingerprint density at radius 2 is 1.64 bits per heavy atom. The van der Waals surface area contributed by atoms with Crippen molar-refractivity contribution in [3.8, 4) is 0 Å². The molecule has 0 heterocycles. The van der Waals surface area contributed by atoms with Gasteiger partial charge in [-0.2, -0.15) is 0 Å². The Morgan fingerprint density at radius 3 is 2.07 bits per heavy atom. The maximum atomic E-state index is 11.7. The number of halogens is 1. The first kappa shape index (κ1) is 28.1. The number of benzene rings is 1. The Balaban J connectivity index is 0. The highest BCUT2D eigenvalue weighted by atomic mass is 35.5. The monoisotopic (exact) mass is 412 g/mol. The van der Waals surface area contributed by atoms with Gasteiger partial charge in [0, 0.05) is 17.2 Å². The Labute approximate surface area is 175 Å². The summed E-state index contributed by atoms with van der Waals surface area (Å²) < 4.78 is 10.0. The Kier molecular flexibility index (Phi) is 14.9. The van der Waals surface area contributed by atoms with Crippen LogP contribution in [0.2, 0.25) is 0 Å². The highest BCUT2D eigenvalue weighted by Gasteiger charge is 2.17. The number of carbonyl (C=O) groups is 2. The normalized spacial score (nSPS) is 11.8. The lowest BCUT2D eigenvalue weighted by Crippen LogP contribution is -2.30. The zero-order valence-corrected chi connectivity index (χ0v) is 18.5. The molecular formula is C21H33ClN2O4. The molecule has 1 N–H and O–H groups in total. The summed E-state index contributed by atoms with van der Waals surface area (Å²) >= 11 is 0. The van der Waals surface area contributed by atoms with E-state index in [9.17, 15) is 9.59 Å². The Morgan fingerprint density at radius 1 is 1.11 bits per heavy atom. The number of nitrogens with zero attached hydrogens (tertiary/aromatic N) is 1. The van der Waals surface area contributed by atoms with Crippen molar-refractivity contribution >= 4 is 24.3 Å². The van der Waals surface area contributed by atoms with Crippen LogP contribution in [0.3, 0.4) is 0 Å². The molecule has 1 aromatic rings. The summed E-state index contributed by atoms with van der Waals surface area (Å²) in [7, 11) is 5.52. The van der Waals surface area contributed by atoms with Crippen molar-refractivity contribution in [2.75, 3.05) is 21.1 Å². The van der Waals surface area contributed by atoms with Gasteiger partial charge in [0.15, 0.2) is 6.23 Å². The van der Waals surface area contributed by atoms with E-state index in [0.717, 1.165) is 5.56 Å². The minimum absolute atomic E-state index is 0. The van der Waals surface area contributed by atoms with Gasteiger partial charge in [-0.1, -0.05) is 43.5 Å². The van der Waals surface area contributed by atoms with Crippen molar-refractivity contribution in [1.29, 1.82) is 0 Å². The van der Waals surface area contributed by atoms with E-state index >= 15 is 0 Å². The molecule has 28 heavy (non-hydrogen) atoms. The third kappa shape index (κ3) is 11.5. The minimum Gasteiger partial charge on any atom is -0.457 e. The van der Waals surface area contributed by atoms with Crippen molar-refractivity contribution in [1.82, 2.24) is 10.2 Å². The highest BCUT2D eigenvalue weighted by molar-refractivity contribution is 5.89. The van der Waals surface area contributed by atoms with Crippen molar-refractivity contribution in [2.24, 2.45) is 0 Å². The van der Waals surface area contributed by atoms with Crippen LogP contribution >= 0.6 is 12.4 Å². The zero-order valence-electron chi connectivity index (χ0n) is 17.7. The predicted molar refractivity (Wildman–Crippen MR) is 115 cm³/mol. The molecule has 2 atom stereocenters. The molecule has 7 heteroatoms. The molecule has 0 aliphatic rings. The van der Waals surface area contributed by atoms with Crippen LogP contribution in [-0.2, 0) is 25.7 Å². The summed E-state index contributed by atoms with van der Waals surface area (Å²) in [5, 5.41) is 2.77. The molecular weight excluding hydrogens is 380 g/mol. The number of esters is 2. The molecule has 0 saturated carbocycles. The van der Waals surface area contributed by atoms with E-state index in [0.29, 0.717) is 17.8 Å². The van der Waals surface area contributed by atoms with Crippen LogP contribution in [0.4, 0.5) is 0 Å². The van der Waals surface area contributed by atoms with Gasteiger partial charge < -0.3 is 14.4 Å². The molecule has 158 valence electrons. The second kappa shape index (κ2) is 14.9. The summed E-state index contributed by atoms with van der Waals surface area (Å²) in [5.74, 6) is -0.697. The summed E-state index contributed by atoms with van der Waals surface area (Å²) in [6.07, 6.45) is -0.246. The maximum Gasteiger partial charge on any atom is 0.335 e. The second-order valence-electron chi connectivity index (χ2n) is 6.34. The first-order valence-electron chi connectivity index (χ1n) is 8.70. The molecule has 6 nitrogen and oxygen atoms in total. The van der Waals surface area contributed by atoms with E-state index < -0.39 is 0 Å². The summed E-state index contributed by atoms with van der Waals surface area (Å²) in [5.41, 5.74) is 1.87. The predicted octanol–water partition coefficient (Wildman–Crippen LogP) is 3.33. The van der Waals surface area contributed by atoms with Gasteiger partial charge in [0.05, 0.1) is 0 Å². The third-order valence-electron chi connectivity index (χ3n) is 3.79. The second-order valence-corrected chi connectivity index (χ2v) is 6.34. The molecule has 0 bridgehead atoms. The molecule has 0 aliphatic carbocycles. The highest BCUT2D eigenvalue weighted by Crippen LogP contribution is 2.09. The van der Waals surface area contributed by atoms with Crippen molar-refractivity contribution in [2.45, 2.75) is 39.6 Å². The van der Waals surface area contributed by atoms with Crippen LogP contribution in [0.15, 0.2) is 54.6 Å². The lowest BCUT2D eigenvalue weighted by molar-refractivity contribution is -0.144. The molecule has 0 spiro atoms. The lowest BCUT2D eigenvalue weighted by Gasteiger charge is -2.20. The van der Waals surface area contributed by atoms with E-state index in [2.05, 4.69) is 18.5 Å². The Bertz CT molecular complexity index is 633. The topological polar surface area (TPSA) is 67.9 Å². The molecule has 1 rings (SSSR count). The first-order chi connectivity index (χ1) is 12.6. The summed E-state index contributed by atoms with van der Waals surface area (Å²) in [4.78, 5) is 24.4. The largest absolute Gasteiger partial charge is 0.457 e. The molecule has 1 aromatic carbocycles.